The van der Waals surface area contributed by atoms with Crippen LogP contribution in [0, 0.1) is 23.7 Å². The maximum absolute atomic E-state index is 13.1. The van der Waals surface area contributed by atoms with E-state index in [-0.39, 0.29) is 25.7 Å². The fourth-order valence-electron chi connectivity index (χ4n) is 12.4. The summed E-state index contributed by atoms with van der Waals surface area (Å²) in [6.07, 6.45) is 56.8. The molecule has 0 aromatic rings. The molecule has 19 heteroatoms. The van der Waals surface area contributed by atoms with Crippen LogP contribution >= 0.6 is 15.6 Å². The van der Waals surface area contributed by atoms with Gasteiger partial charge in [-0.15, -0.1) is 0 Å². The van der Waals surface area contributed by atoms with E-state index in [1.165, 1.54) is 212 Å². The minimum absolute atomic E-state index is 0.105. The average molecular weight is 1470 g/mol. The average Bonchev–Trinajstić information content (AvgIpc) is 3.19. The Kier molecular flexibility index (Phi) is 68.7. The van der Waals surface area contributed by atoms with Crippen LogP contribution < -0.4 is 0 Å². The van der Waals surface area contributed by atoms with E-state index in [1.54, 1.807) is 0 Å². The van der Waals surface area contributed by atoms with E-state index in [2.05, 4.69) is 55.4 Å². The summed E-state index contributed by atoms with van der Waals surface area (Å²) in [6.45, 7) is 14.3. The van der Waals surface area contributed by atoms with E-state index in [4.69, 9.17) is 37.0 Å². The summed E-state index contributed by atoms with van der Waals surface area (Å²) in [5.74, 6) is 1.05. The van der Waals surface area contributed by atoms with E-state index >= 15 is 0 Å². The molecule has 594 valence electrons. The Hall–Kier alpha value is -1.94. The molecule has 3 N–H and O–H groups in total. The molecule has 0 radical (unpaired) electrons. The highest BCUT2D eigenvalue weighted by Gasteiger charge is 2.30. The smallest absolute Gasteiger partial charge is 0.462 e. The van der Waals surface area contributed by atoms with Gasteiger partial charge in [0.1, 0.15) is 19.3 Å². The second kappa shape index (κ2) is 70.1. The Balaban J connectivity index is 5.25. The van der Waals surface area contributed by atoms with Crippen molar-refractivity contribution in [3.05, 3.63) is 0 Å². The first-order chi connectivity index (χ1) is 48.2. The molecule has 0 saturated heterocycles. The fraction of sp³-hybridized carbons (Fsp3) is 0.951. The number of phosphoric acid groups is 2. The van der Waals surface area contributed by atoms with Crippen molar-refractivity contribution in [2.45, 2.75) is 433 Å². The lowest BCUT2D eigenvalue weighted by molar-refractivity contribution is -0.161. The second-order valence-electron chi connectivity index (χ2n) is 30.6. The van der Waals surface area contributed by atoms with Crippen molar-refractivity contribution in [2.75, 3.05) is 39.6 Å². The van der Waals surface area contributed by atoms with Crippen molar-refractivity contribution in [1.82, 2.24) is 0 Å². The van der Waals surface area contributed by atoms with E-state index in [0.717, 1.165) is 114 Å². The summed E-state index contributed by atoms with van der Waals surface area (Å²) >= 11 is 0. The first kappa shape index (κ1) is 98.1. The van der Waals surface area contributed by atoms with Gasteiger partial charge in [-0.2, -0.15) is 0 Å². The molecule has 0 heterocycles. The SMILES string of the molecule is CCC(C)CCCCCCCCCCCCCCCCC(=O)OC[C@H](COP(=O)(O)OCC(O)COP(=O)(O)OC[C@@H](COC(=O)CCCCCCCCCC(C)C)OC(=O)CCCCCCCCCCCCC(C)CC)OC(=O)CCCCCCCCCCCCCCCCCC(C)C. The third kappa shape index (κ3) is 71.7. The van der Waals surface area contributed by atoms with Crippen molar-refractivity contribution < 1.29 is 80.2 Å². The quantitative estimate of drug-likeness (QED) is 0.0222. The third-order valence-corrected chi connectivity index (χ3v) is 21.4. The fourth-order valence-corrected chi connectivity index (χ4v) is 13.9. The van der Waals surface area contributed by atoms with E-state index < -0.39 is 97.5 Å². The van der Waals surface area contributed by atoms with Gasteiger partial charge in [0.15, 0.2) is 12.2 Å². The van der Waals surface area contributed by atoms with Gasteiger partial charge in [0.05, 0.1) is 26.4 Å². The molecule has 0 aliphatic carbocycles. The van der Waals surface area contributed by atoms with Crippen molar-refractivity contribution in [2.24, 2.45) is 23.7 Å². The van der Waals surface area contributed by atoms with Gasteiger partial charge in [-0.3, -0.25) is 37.3 Å². The van der Waals surface area contributed by atoms with E-state index in [1.807, 2.05) is 0 Å². The topological polar surface area (TPSA) is 237 Å². The number of phosphoric ester groups is 2. The molecule has 17 nitrogen and oxygen atoms in total. The molecule has 0 rings (SSSR count). The molecule has 5 unspecified atom stereocenters. The molecule has 0 fully saturated rings. The Morgan fingerprint density at radius 2 is 0.480 bits per heavy atom. The van der Waals surface area contributed by atoms with Crippen LogP contribution in [-0.4, -0.2) is 96.7 Å². The summed E-state index contributed by atoms with van der Waals surface area (Å²) in [6, 6.07) is 0. The summed E-state index contributed by atoms with van der Waals surface area (Å²) in [4.78, 5) is 73.0. The standard InChI is InChI=1S/C81H158O17P2/c1-9-73(7)59-51-43-35-27-21-17-14-15-18-22-29-37-45-53-61-78(83)91-67-76(97-80(85)63-55-47-38-30-23-19-13-11-12-16-20-26-33-41-49-57-71(3)4)69-95-99(87,88)93-65-75(82)66-94-100(89,90)96-70-77(68-92-79(84)62-54-46-40-32-34-42-50-58-72(5)6)98-81(86)64-56-48-39-31-25-24-28-36-44-52-60-74(8)10-2/h71-77,82H,9-70H2,1-8H3,(H,87,88)(H,89,90)/t73?,74?,75?,76-,77-/m1/s1. The highest BCUT2D eigenvalue weighted by molar-refractivity contribution is 7.47. The molecule has 0 bridgehead atoms. The van der Waals surface area contributed by atoms with Gasteiger partial charge in [0.2, 0.25) is 0 Å². The molecule has 0 aliphatic rings. The summed E-state index contributed by atoms with van der Waals surface area (Å²) in [5.41, 5.74) is 0. The number of aliphatic hydroxyl groups excluding tert-OH is 1. The van der Waals surface area contributed by atoms with E-state index in [9.17, 15) is 43.2 Å². The maximum atomic E-state index is 13.1. The van der Waals surface area contributed by atoms with Crippen LogP contribution in [0.4, 0.5) is 0 Å². The first-order valence-electron chi connectivity index (χ1n) is 41.8. The Labute approximate surface area is 613 Å². The van der Waals surface area contributed by atoms with Crippen molar-refractivity contribution in [3.8, 4) is 0 Å². The Morgan fingerprint density at radius 1 is 0.280 bits per heavy atom. The van der Waals surface area contributed by atoms with Crippen molar-refractivity contribution >= 4 is 39.5 Å². The molecule has 100 heavy (non-hydrogen) atoms. The largest absolute Gasteiger partial charge is 0.472 e. The third-order valence-electron chi connectivity index (χ3n) is 19.5. The van der Waals surface area contributed by atoms with Gasteiger partial charge in [0, 0.05) is 25.7 Å². The highest BCUT2D eigenvalue weighted by atomic mass is 31.2. The number of carbonyl (C=O) groups is 4. The predicted molar refractivity (Wildman–Crippen MR) is 409 cm³/mol. The van der Waals surface area contributed by atoms with Gasteiger partial charge in [-0.05, 0) is 49.4 Å². The summed E-state index contributed by atoms with van der Waals surface area (Å²) in [7, 11) is -9.92. The molecule has 0 saturated carbocycles. The number of hydrogen-bond acceptors (Lipinski definition) is 15. The molecular formula is C81H158O17P2. The number of unbranched alkanes of at least 4 members (excludes halogenated alkanes) is 42. The lowest BCUT2D eigenvalue weighted by atomic mass is 9.99. The summed E-state index contributed by atoms with van der Waals surface area (Å²) < 4.78 is 68.7. The predicted octanol–water partition coefficient (Wildman–Crippen LogP) is 24.0. The molecule has 0 spiro atoms. The Morgan fingerprint density at radius 3 is 0.710 bits per heavy atom. The highest BCUT2D eigenvalue weighted by Crippen LogP contribution is 2.45. The first-order valence-corrected chi connectivity index (χ1v) is 44.8. The zero-order valence-corrected chi connectivity index (χ0v) is 67.6. The van der Waals surface area contributed by atoms with Crippen LogP contribution in [0.25, 0.3) is 0 Å². The van der Waals surface area contributed by atoms with Gasteiger partial charge < -0.3 is 33.8 Å². The molecule has 0 aromatic heterocycles. The molecule has 0 aliphatic heterocycles. The van der Waals surface area contributed by atoms with Crippen LogP contribution in [0.2, 0.25) is 0 Å². The van der Waals surface area contributed by atoms with Crippen LogP contribution in [0.5, 0.6) is 0 Å². The van der Waals surface area contributed by atoms with Gasteiger partial charge in [-0.1, -0.05) is 364 Å². The number of carbonyl (C=O) groups excluding carboxylic acids is 4. The summed E-state index contributed by atoms with van der Waals surface area (Å²) in [5, 5.41) is 10.6. The van der Waals surface area contributed by atoms with Crippen LogP contribution in [0.15, 0.2) is 0 Å². The lowest BCUT2D eigenvalue weighted by Gasteiger charge is -2.21. The zero-order chi connectivity index (χ0) is 73.8. The Bertz CT molecular complexity index is 1960. The maximum Gasteiger partial charge on any atom is 0.472 e. The van der Waals surface area contributed by atoms with Crippen LogP contribution in [0.3, 0.4) is 0 Å². The second-order valence-corrected chi connectivity index (χ2v) is 33.5. The number of ether oxygens (including phenoxy) is 4. The number of esters is 4. The van der Waals surface area contributed by atoms with Gasteiger partial charge >= 0.3 is 39.5 Å². The lowest BCUT2D eigenvalue weighted by Crippen LogP contribution is -2.30. The van der Waals surface area contributed by atoms with Crippen LogP contribution in [-0.2, 0) is 65.4 Å². The molecule has 0 aromatic carbocycles. The minimum atomic E-state index is -4.96. The number of aliphatic hydroxyl groups is 1. The monoisotopic (exact) mass is 1470 g/mol. The normalized spacial score (nSPS) is 14.6. The zero-order valence-electron chi connectivity index (χ0n) is 65.8. The van der Waals surface area contributed by atoms with Gasteiger partial charge in [-0.25, -0.2) is 9.13 Å². The molecular weight excluding hydrogens is 1310 g/mol. The number of rotatable bonds is 78. The minimum Gasteiger partial charge on any atom is -0.462 e. The molecule has 0 amide bonds. The number of hydrogen-bond donors (Lipinski definition) is 3. The van der Waals surface area contributed by atoms with Crippen molar-refractivity contribution in [3.63, 3.8) is 0 Å². The van der Waals surface area contributed by atoms with Gasteiger partial charge in [0.25, 0.3) is 0 Å². The van der Waals surface area contributed by atoms with Crippen molar-refractivity contribution in [1.29, 1.82) is 0 Å². The van der Waals surface area contributed by atoms with Crippen LogP contribution in [0.1, 0.15) is 415 Å². The van der Waals surface area contributed by atoms with E-state index in [0.29, 0.717) is 31.6 Å². The molecule has 7 atom stereocenters.